The fourth-order valence-corrected chi connectivity index (χ4v) is 3.63. The number of aliphatic imine (C=N–C) groups is 1. The number of thiazole rings is 1. The number of aromatic nitrogens is 1. The van der Waals surface area contributed by atoms with E-state index in [1.807, 2.05) is 31.4 Å². The summed E-state index contributed by atoms with van der Waals surface area (Å²) in [5.74, 6) is 0.744. The monoisotopic (exact) mass is 493 g/mol. The standard InChI is InChI=1S/C16H23N5OS2.HI/c1-11-14(24-12(2)21-11)10-20-16(17-3)19-8-5-7-18-15(22)13-6-4-9-23-13;/h4,6,9H,5,7-8,10H2,1-3H3,(H,18,22)(H2,17,19,20);1H. The van der Waals surface area contributed by atoms with Gasteiger partial charge in [0.05, 0.1) is 22.1 Å². The zero-order valence-corrected chi connectivity index (χ0v) is 18.6. The summed E-state index contributed by atoms with van der Waals surface area (Å²) < 4.78 is 0. The van der Waals surface area contributed by atoms with E-state index in [1.165, 1.54) is 16.2 Å². The van der Waals surface area contributed by atoms with Crippen LogP contribution in [0.5, 0.6) is 0 Å². The molecule has 1 amide bonds. The van der Waals surface area contributed by atoms with E-state index in [4.69, 9.17) is 0 Å². The van der Waals surface area contributed by atoms with Crippen LogP contribution in [0.2, 0.25) is 0 Å². The number of thiophene rings is 1. The quantitative estimate of drug-likeness (QED) is 0.240. The molecule has 0 unspecified atom stereocenters. The predicted molar refractivity (Wildman–Crippen MR) is 116 cm³/mol. The summed E-state index contributed by atoms with van der Waals surface area (Å²) in [6.07, 6.45) is 0.830. The van der Waals surface area contributed by atoms with Crippen LogP contribution in [-0.2, 0) is 6.54 Å². The molecule has 0 bridgehead atoms. The Labute approximate surface area is 173 Å². The third kappa shape index (κ3) is 7.28. The fourth-order valence-electron chi connectivity index (χ4n) is 2.11. The van der Waals surface area contributed by atoms with E-state index in [1.54, 1.807) is 18.4 Å². The van der Waals surface area contributed by atoms with E-state index in [0.717, 1.165) is 34.5 Å². The van der Waals surface area contributed by atoms with Crippen molar-refractivity contribution in [2.75, 3.05) is 20.1 Å². The van der Waals surface area contributed by atoms with Crippen molar-refractivity contribution >= 4 is 58.5 Å². The van der Waals surface area contributed by atoms with Gasteiger partial charge in [-0.15, -0.1) is 46.7 Å². The Morgan fingerprint density at radius 1 is 1.24 bits per heavy atom. The minimum absolute atomic E-state index is 0. The van der Waals surface area contributed by atoms with Crippen molar-refractivity contribution in [3.8, 4) is 0 Å². The van der Waals surface area contributed by atoms with Gasteiger partial charge in [-0.2, -0.15) is 0 Å². The first-order chi connectivity index (χ1) is 11.6. The molecule has 0 radical (unpaired) electrons. The van der Waals surface area contributed by atoms with Crippen molar-refractivity contribution in [2.45, 2.75) is 26.8 Å². The molecule has 3 N–H and O–H groups in total. The van der Waals surface area contributed by atoms with Crippen LogP contribution in [0.1, 0.15) is 31.7 Å². The molecular formula is C16H24IN5OS2. The summed E-state index contributed by atoms with van der Waals surface area (Å²) in [6, 6.07) is 3.70. The van der Waals surface area contributed by atoms with Gasteiger partial charge in [-0.05, 0) is 31.7 Å². The first-order valence-electron chi connectivity index (χ1n) is 7.79. The van der Waals surface area contributed by atoms with Crippen molar-refractivity contribution in [3.05, 3.63) is 38.0 Å². The second-order valence-corrected chi connectivity index (χ2v) is 7.42. The topological polar surface area (TPSA) is 78.4 Å². The molecule has 2 rings (SSSR count). The van der Waals surface area contributed by atoms with Gasteiger partial charge in [0.2, 0.25) is 0 Å². The van der Waals surface area contributed by atoms with Crippen LogP contribution in [-0.4, -0.2) is 37.0 Å². The Morgan fingerprint density at radius 3 is 2.60 bits per heavy atom. The molecular weight excluding hydrogens is 469 g/mol. The van der Waals surface area contributed by atoms with Gasteiger partial charge in [0, 0.05) is 25.0 Å². The van der Waals surface area contributed by atoms with Crippen LogP contribution in [0, 0.1) is 13.8 Å². The van der Waals surface area contributed by atoms with Gasteiger partial charge in [-0.3, -0.25) is 9.79 Å². The Hall–Kier alpha value is -1.20. The Bertz CT molecular complexity index is 685. The molecule has 0 atom stereocenters. The van der Waals surface area contributed by atoms with Crippen molar-refractivity contribution in [3.63, 3.8) is 0 Å². The molecule has 0 saturated carbocycles. The normalized spacial score (nSPS) is 10.9. The fraction of sp³-hybridized carbons (Fsp3) is 0.438. The van der Waals surface area contributed by atoms with Gasteiger partial charge in [0.15, 0.2) is 5.96 Å². The average Bonchev–Trinajstić information content (AvgIpc) is 3.19. The Kier molecular flexibility index (Phi) is 9.98. The lowest BCUT2D eigenvalue weighted by atomic mass is 10.4. The number of rotatable bonds is 7. The molecule has 9 heteroatoms. The van der Waals surface area contributed by atoms with Crippen LogP contribution in [0.4, 0.5) is 0 Å². The first kappa shape index (κ1) is 21.8. The number of nitrogens with zero attached hydrogens (tertiary/aromatic N) is 2. The highest BCUT2D eigenvalue weighted by molar-refractivity contribution is 14.0. The number of nitrogens with one attached hydrogen (secondary N) is 3. The van der Waals surface area contributed by atoms with E-state index in [9.17, 15) is 4.79 Å². The summed E-state index contributed by atoms with van der Waals surface area (Å²) in [7, 11) is 1.75. The van der Waals surface area contributed by atoms with Crippen LogP contribution < -0.4 is 16.0 Å². The minimum Gasteiger partial charge on any atom is -0.356 e. The van der Waals surface area contributed by atoms with Crippen LogP contribution in [0.3, 0.4) is 0 Å². The molecule has 0 spiro atoms. The van der Waals surface area contributed by atoms with Gasteiger partial charge in [0.1, 0.15) is 0 Å². The lowest BCUT2D eigenvalue weighted by Crippen LogP contribution is -2.38. The van der Waals surface area contributed by atoms with Crippen molar-refractivity contribution in [2.24, 2.45) is 4.99 Å². The molecule has 0 aliphatic heterocycles. The number of guanidine groups is 1. The molecule has 2 heterocycles. The zero-order chi connectivity index (χ0) is 17.4. The minimum atomic E-state index is -0.0106. The van der Waals surface area contributed by atoms with Crippen molar-refractivity contribution < 1.29 is 4.79 Å². The molecule has 6 nitrogen and oxygen atoms in total. The number of halogens is 1. The number of hydrogen-bond donors (Lipinski definition) is 3. The molecule has 0 saturated heterocycles. The van der Waals surface area contributed by atoms with Gasteiger partial charge >= 0.3 is 0 Å². The molecule has 2 aromatic heterocycles. The highest BCUT2D eigenvalue weighted by atomic mass is 127. The second-order valence-electron chi connectivity index (χ2n) is 5.18. The first-order valence-corrected chi connectivity index (χ1v) is 9.49. The number of amides is 1. The molecule has 2 aromatic rings. The Morgan fingerprint density at radius 2 is 2.00 bits per heavy atom. The van der Waals surface area contributed by atoms with E-state index >= 15 is 0 Å². The maximum atomic E-state index is 11.8. The van der Waals surface area contributed by atoms with Gasteiger partial charge in [-0.25, -0.2) is 4.98 Å². The number of carbonyl (C=O) groups is 1. The van der Waals surface area contributed by atoms with Gasteiger partial charge < -0.3 is 16.0 Å². The molecule has 0 aliphatic rings. The molecule has 25 heavy (non-hydrogen) atoms. The lowest BCUT2D eigenvalue weighted by Gasteiger charge is -2.11. The number of hydrogen-bond acceptors (Lipinski definition) is 5. The van der Waals surface area contributed by atoms with E-state index < -0.39 is 0 Å². The van der Waals surface area contributed by atoms with Crippen LogP contribution >= 0.6 is 46.7 Å². The van der Waals surface area contributed by atoms with E-state index in [0.29, 0.717) is 13.1 Å². The summed E-state index contributed by atoms with van der Waals surface area (Å²) >= 11 is 3.15. The molecule has 138 valence electrons. The number of carbonyl (C=O) groups excluding carboxylic acids is 1. The summed E-state index contributed by atoms with van der Waals surface area (Å²) in [5, 5.41) is 12.4. The van der Waals surface area contributed by atoms with Gasteiger partial charge in [-0.1, -0.05) is 6.07 Å². The molecule has 0 aliphatic carbocycles. The second kappa shape index (κ2) is 11.4. The maximum Gasteiger partial charge on any atom is 0.261 e. The highest BCUT2D eigenvalue weighted by Crippen LogP contribution is 2.16. The third-order valence-electron chi connectivity index (χ3n) is 3.32. The zero-order valence-electron chi connectivity index (χ0n) is 14.6. The lowest BCUT2D eigenvalue weighted by molar-refractivity contribution is 0.0957. The van der Waals surface area contributed by atoms with E-state index in [2.05, 4.69) is 25.9 Å². The summed E-state index contributed by atoms with van der Waals surface area (Å²) in [6.45, 7) is 6.12. The largest absolute Gasteiger partial charge is 0.356 e. The van der Waals surface area contributed by atoms with Crippen molar-refractivity contribution in [1.29, 1.82) is 0 Å². The average molecular weight is 493 g/mol. The van der Waals surface area contributed by atoms with Gasteiger partial charge in [0.25, 0.3) is 5.91 Å². The predicted octanol–water partition coefficient (Wildman–Crippen LogP) is 2.92. The third-order valence-corrected chi connectivity index (χ3v) is 5.26. The van der Waals surface area contributed by atoms with E-state index in [-0.39, 0.29) is 29.9 Å². The van der Waals surface area contributed by atoms with Crippen LogP contribution in [0.25, 0.3) is 0 Å². The smallest absolute Gasteiger partial charge is 0.261 e. The molecule has 0 fully saturated rings. The number of aryl methyl sites for hydroxylation is 2. The SMILES string of the molecule is CN=C(NCCCNC(=O)c1cccs1)NCc1sc(C)nc1C.I. The summed E-state index contributed by atoms with van der Waals surface area (Å²) in [5.41, 5.74) is 1.07. The Balaban J connectivity index is 0.00000312. The summed E-state index contributed by atoms with van der Waals surface area (Å²) in [4.78, 5) is 22.4. The highest BCUT2D eigenvalue weighted by Gasteiger charge is 2.06. The van der Waals surface area contributed by atoms with Crippen LogP contribution in [0.15, 0.2) is 22.5 Å². The maximum absolute atomic E-state index is 11.8. The van der Waals surface area contributed by atoms with Crippen molar-refractivity contribution in [1.82, 2.24) is 20.9 Å². The molecule has 0 aromatic carbocycles.